The summed E-state index contributed by atoms with van der Waals surface area (Å²) in [6, 6.07) is 7.12. The largest absolute Gasteiger partial charge is 0.482 e. The highest BCUT2D eigenvalue weighted by atomic mass is 35.5. The molecule has 0 aliphatic heterocycles. The Hall–Kier alpha value is -2.58. The molecule has 8 nitrogen and oxygen atoms in total. The maximum absolute atomic E-state index is 11.6. The van der Waals surface area contributed by atoms with Gasteiger partial charge in [0.25, 0.3) is 5.91 Å². The Morgan fingerprint density at radius 2 is 2.17 bits per heavy atom. The lowest BCUT2D eigenvalue weighted by Crippen LogP contribution is -2.24. The first-order chi connectivity index (χ1) is 11.0. The summed E-state index contributed by atoms with van der Waals surface area (Å²) < 4.78 is 10.0. The number of hydrazone groups is 1. The number of ether oxygens (including phenoxy) is 1. The lowest BCUT2D eigenvalue weighted by molar-refractivity contribution is -0.402. The molecule has 2 aromatic rings. The Kier molecular flexibility index (Phi) is 5.56. The van der Waals surface area contributed by atoms with Crippen molar-refractivity contribution in [3.63, 3.8) is 0 Å². The van der Waals surface area contributed by atoms with Gasteiger partial charge in [-0.05, 0) is 18.2 Å². The van der Waals surface area contributed by atoms with Crippen LogP contribution in [-0.4, -0.2) is 23.7 Å². The van der Waals surface area contributed by atoms with E-state index < -0.39 is 16.7 Å². The molecule has 0 atom stereocenters. The number of nitrogens with zero attached hydrogens (tertiary/aromatic N) is 2. The van der Waals surface area contributed by atoms with E-state index >= 15 is 0 Å². The van der Waals surface area contributed by atoms with E-state index in [-0.39, 0.29) is 18.1 Å². The highest BCUT2D eigenvalue weighted by Crippen LogP contribution is 2.27. The zero-order valence-electron chi connectivity index (χ0n) is 11.4. The minimum absolute atomic E-state index is 0.121. The average molecular weight is 358 g/mol. The molecule has 0 bridgehead atoms. The maximum Gasteiger partial charge on any atom is 0.433 e. The second-order valence-corrected chi connectivity index (χ2v) is 4.93. The van der Waals surface area contributed by atoms with Gasteiger partial charge >= 0.3 is 5.88 Å². The van der Waals surface area contributed by atoms with Crippen molar-refractivity contribution in [1.82, 2.24) is 5.43 Å². The number of furan rings is 1. The summed E-state index contributed by atoms with van der Waals surface area (Å²) in [7, 11) is 0. The molecule has 23 heavy (non-hydrogen) atoms. The van der Waals surface area contributed by atoms with Crippen molar-refractivity contribution < 1.29 is 18.9 Å². The summed E-state index contributed by atoms with van der Waals surface area (Å²) in [5, 5.41) is 14.7. The summed E-state index contributed by atoms with van der Waals surface area (Å²) in [5.41, 5.74) is 2.17. The van der Waals surface area contributed by atoms with Crippen LogP contribution in [0.4, 0.5) is 5.88 Å². The van der Waals surface area contributed by atoms with Crippen LogP contribution in [0, 0.1) is 10.1 Å². The van der Waals surface area contributed by atoms with Gasteiger partial charge in [0.2, 0.25) is 0 Å². The first kappa shape index (κ1) is 16.8. The van der Waals surface area contributed by atoms with E-state index in [1.165, 1.54) is 18.2 Å². The van der Waals surface area contributed by atoms with E-state index in [4.69, 9.17) is 32.4 Å². The Morgan fingerprint density at radius 3 is 2.87 bits per heavy atom. The minimum Gasteiger partial charge on any atom is -0.482 e. The minimum atomic E-state index is -0.682. The topological polar surface area (TPSA) is 107 Å². The number of amides is 1. The molecule has 1 aromatic carbocycles. The Balaban J connectivity index is 1.83. The Morgan fingerprint density at radius 1 is 1.39 bits per heavy atom. The molecule has 0 fully saturated rings. The summed E-state index contributed by atoms with van der Waals surface area (Å²) in [6.45, 7) is -0.338. The van der Waals surface area contributed by atoms with Gasteiger partial charge in [-0.3, -0.25) is 14.9 Å². The second kappa shape index (κ2) is 7.61. The van der Waals surface area contributed by atoms with Gasteiger partial charge in [-0.2, -0.15) is 5.10 Å². The number of nitrogens with one attached hydrogen (secondary N) is 1. The van der Waals surface area contributed by atoms with E-state index in [1.54, 1.807) is 12.1 Å². The highest BCUT2D eigenvalue weighted by Gasteiger charge is 2.10. The van der Waals surface area contributed by atoms with E-state index in [0.717, 1.165) is 6.21 Å². The molecule has 0 spiro atoms. The fraction of sp³-hybridized carbons (Fsp3) is 0.0769. The first-order valence-corrected chi connectivity index (χ1v) is 6.85. The lowest BCUT2D eigenvalue weighted by Gasteiger charge is -2.07. The highest BCUT2D eigenvalue weighted by molar-refractivity contribution is 6.34. The molecule has 0 radical (unpaired) electrons. The Labute approximate surface area is 139 Å². The smallest absolute Gasteiger partial charge is 0.433 e. The molecule has 0 saturated carbocycles. The predicted molar refractivity (Wildman–Crippen MR) is 83.1 cm³/mol. The number of carbonyl (C=O) groups excluding carboxylic acids is 1. The molecule has 10 heteroatoms. The Bertz CT molecular complexity index is 760. The van der Waals surface area contributed by atoms with Crippen LogP contribution in [0.1, 0.15) is 5.76 Å². The van der Waals surface area contributed by atoms with Crippen molar-refractivity contribution in [2.24, 2.45) is 5.10 Å². The van der Waals surface area contributed by atoms with Crippen molar-refractivity contribution in [1.29, 1.82) is 0 Å². The lowest BCUT2D eigenvalue weighted by atomic mass is 10.3. The van der Waals surface area contributed by atoms with Crippen LogP contribution in [0.3, 0.4) is 0 Å². The summed E-state index contributed by atoms with van der Waals surface area (Å²) >= 11 is 11.7. The third-order valence-electron chi connectivity index (χ3n) is 2.43. The van der Waals surface area contributed by atoms with Gasteiger partial charge in [0.15, 0.2) is 12.4 Å². The van der Waals surface area contributed by atoms with E-state index in [0.29, 0.717) is 10.0 Å². The van der Waals surface area contributed by atoms with Crippen molar-refractivity contribution in [2.75, 3.05) is 6.61 Å². The van der Waals surface area contributed by atoms with Crippen LogP contribution in [0.25, 0.3) is 0 Å². The number of halogens is 2. The van der Waals surface area contributed by atoms with Gasteiger partial charge in [-0.25, -0.2) is 5.43 Å². The third-order valence-corrected chi connectivity index (χ3v) is 2.97. The summed E-state index contributed by atoms with van der Waals surface area (Å²) in [4.78, 5) is 21.3. The quantitative estimate of drug-likeness (QED) is 0.485. The number of hydrogen-bond donors (Lipinski definition) is 1. The van der Waals surface area contributed by atoms with E-state index in [1.807, 2.05) is 0 Å². The van der Waals surface area contributed by atoms with Crippen LogP contribution in [0.15, 0.2) is 39.9 Å². The number of benzene rings is 1. The van der Waals surface area contributed by atoms with Gasteiger partial charge in [0, 0.05) is 11.1 Å². The molecule has 0 saturated heterocycles. The van der Waals surface area contributed by atoms with Crippen LogP contribution in [-0.2, 0) is 4.79 Å². The van der Waals surface area contributed by atoms with E-state index in [9.17, 15) is 14.9 Å². The zero-order chi connectivity index (χ0) is 16.8. The van der Waals surface area contributed by atoms with Crippen molar-refractivity contribution >= 4 is 41.2 Å². The van der Waals surface area contributed by atoms with Gasteiger partial charge in [-0.15, -0.1) is 0 Å². The number of rotatable bonds is 6. The molecule has 1 aromatic heterocycles. The molecule has 0 aliphatic carbocycles. The van der Waals surface area contributed by atoms with E-state index in [2.05, 4.69) is 10.5 Å². The van der Waals surface area contributed by atoms with Gasteiger partial charge in [0.1, 0.15) is 10.7 Å². The standard InChI is InChI=1S/C13H9Cl2N3O5/c14-8-1-3-10(15)11(5-8)22-7-12(19)17-16-6-9-2-4-13(23-9)18(20)21/h1-6H,7H2,(H,17,19)/b16-6+. The number of nitro groups is 1. The number of hydrogen-bond acceptors (Lipinski definition) is 6. The molecule has 0 aliphatic rings. The fourth-order valence-electron chi connectivity index (χ4n) is 1.44. The molecule has 120 valence electrons. The summed E-state index contributed by atoms with van der Waals surface area (Å²) in [5.74, 6) is -0.592. The monoisotopic (exact) mass is 357 g/mol. The molecule has 1 amide bonds. The average Bonchev–Trinajstić information content (AvgIpc) is 2.97. The molecule has 1 heterocycles. The molecule has 1 N–H and O–H groups in total. The second-order valence-electron chi connectivity index (χ2n) is 4.09. The van der Waals surface area contributed by atoms with Crippen molar-refractivity contribution in [2.45, 2.75) is 0 Å². The first-order valence-electron chi connectivity index (χ1n) is 6.09. The SMILES string of the molecule is O=C(COc1cc(Cl)ccc1Cl)N/N=C/c1ccc([N+](=O)[O-])o1. The zero-order valence-corrected chi connectivity index (χ0v) is 12.9. The van der Waals surface area contributed by atoms with Crippen LogP contribution in [0.5, 0.6) is 5.75 Å². The van der Waals surface area contributed by atoms with Crippen molar-refractivity contribution in [3.05, 3.63) is 56.3 Å². The van der Waals surface area contributed by atoms with Crippen LogP contribution >= 0.6 is 23.2 Å². The van der Waals surface area contributed by atoms with Gasteiger partial charge in [0.05, 0.1) is 17.3 Å². The molecule has 2 rings (SSSR count). The fourth-order valence-corrected chi connectivity index (χ4v) is 1.78. The number of carbonyl (C=O) groups is 1. The predicted octanol–water partition coefficient (Wildman–Crippen LogP) is 3.02. The summed E-state index contributed by atoms with van der Waals surface area (Å²) in [6.07, 6.45) is 1.12. The molecule has 0 unspecified atom stereocenters. The van der Waals surface area contributed by atoms with Gasteiger partial charge in [-0.1, -0.05) is 23.2 Å². The maximum atomic E-state index is 11.6. The normalized spacial score (nSPS) is 10.7. The van der Waals surface area contributed by atoms with Crippen molar-refractivity contribution in [3.8, 4) is 5.75 Å². The van der Waals surface area contributed by atoms with Gasteiger partial charge < -0.3 is 9.15 Å². The van der Waals surface area contributed by atoms with Crippen LogP contribution in [0.2, 0.25) is 10.0 Å². The molecular weight excluding hydrogens is 349 g/mol. The third kappa shape index (κ3) is 4.97. The van der Waals surface area contributed by atoms with Crippen LogP contribution < -0.4 is 10.2 Å². The molecular formula is C13H9Cl2N3O5.